The monoisotopic (exact) mass is 256 g/mol. The Morgan fingerprint density at radius 3 is 2.61 bits per heavy atom. The van der Waals surface area contributed by atoms with Crippen LogP contribution in [0.15, 0.2) is 0 Å². The lowest BCUT2D eigenvalue weighted by atomic mass is 9.95. The Labute approximate surface area is 109 Å². The molecule has 0 aromatic carbocycles. The normalized spacial score (nSPS) is 20.6. The summed E-state index contributed by atoms with van der Waals surface area (Å²) >= 11 is 0. The summed E-state index contributed by atoms with van der Waals surface area (Å²) in [5.74, 6) is -0.686. The first kappa shape index (κ1) is 14.8. The lowest BCUT2D eigenvalue weighted by molar-refractivity contribution is -0.138. The van der Waals surface area contributed by atoms with Crippen molar-refractivity contribution in [2.24, 2.45) is 11.3 Å². The van der Waals surface area contributed by atoms with Crippen molar-refractivity contribution in [1.82, 2.24) is 10.2 Å². The molecule has 1 rings (SSSR count). The minimum Gasteiger partial charge on any atom is -0.481 e. The number of piperidine rings is 1. The molecule has 1 unspecified atom stereocenters. The van der Waals surface area contributed by atoms with E-state index in [1.54, 1.807) is 4.90 Å². The molecule has 0 saturated carbocycles. The zero-order valence-electron chi connectivity index (χ0n) is 11.5. The van der Waals surface area contributed by atoms with Gasteiger partial charge < -0.3 is 15.3 Å². The van der Waals surface area contributed by atoms with Crippen LogP contribution in [-0.2, 0) is 4.79 Å². The lowest BCUT2D eigenvalue weighted by Crippen LogP contribution is -2.47. The van der Waals surface area contributed by atoms with E-state index in [0.29, 0.717) is 13.1 Å². The van der Waals surface area contributed by atoms with Gasteiger partial charge in [-0.15, -0.1) is 0 Å². The highest BCUT2D eigenvalue weighted by molar-refractivity contribution is 5.74. The van der Waals surface area contributed by atoms with Crippen LogP contribution in [0, 0.1) is 11.3 Å². The van der Waals surface area contributed by atoms with E-state index in [2.05, 4.69) is 26.1 Å². The van der Waals surface area contributed by atoms with Gasteiger partial charge in [-0.1, -0.05) is 20.8 Å². The van der Waals surface area contributed by atoms with E-state index >= 15 is 0 Å². The van der Waals surface area contributed by atoms with Gasteiger partial charge in [0.05, 0.1) is 0 Å². The van der Waals surface area contributed by atoms with Crippen LogP contribution in [0.1, 0.15) is 40.0 Å². The molecule has 5 heteroatoms. The van der Waals surface area contributed by atoms with Gasteiger partial charge in [-0.25, -0.2) is 4.79 Å². The number of hydrogen-bond donors (Lipinski definition) is 2. The molecule has 18 heavy (non-hydrogen) atoms. The Morgan fingerprint density at radius 1 is 1.39 bits per heavy atom. The third-order valence-corrected chi connectivity index (χ3v) is 3.04. The number of carboxylic acid groups (broad SMARTS) is 1. The van der Waals surface area contributed by atoms with Crippen LogP contribution in [0.25, 0.3) is 0 Å². The number of carbonyl (C=O) groups is 2. The van der Waals surface area contributed by atoms with E-state index in [1.807, 2.05) is 0 Å². The summed E-state index contributed by atoms with van der Waals surface area (Å²) in [4.78, 5) is 24.4. The third-order valence-electron chi connectivity index (χ3n) is 3.04. The van der Waals surface area contributed by atoms with Crippen molar-refractivity contribution in [3.05, 3.63) is 0 Å². The summed E-state index contributed by atoms with van der Waals surface area (Å²) in [6.07, 6.45) is 1.94. The molecule has 0 aliphatic carbocycles. The Morgan fingerprint density at radius 2 is 2.06 bits per heavy atom. The predicted octanol–water partition coefficient (Wildman–Crippen LogP) is 1.93. The summed E-state index contributed by atoms with van der Waals surface area (Å²) < 4.78 is 0. The fourth-order valence-electron chi connectivity index (χ4n) is 2.12. The third kappa shape index (κ3) is 5.38. The number of hydrogen-bond acceptors (Lipinski definition) is 2. The van der Waals surface area contributed by atoms with Gasteiger partial charge in [0.15, 0.2) is 0 Å². The Hall–Kier alpha value is -1.26. The molecule has 1 atom stereocenters. The molecule has 104 valence electrons. The van der Waals surface area contributed by atoms with Crippen LogP contribution in [0.4, 0.5) is 4.79 Å². The van der Waals surface area contributed by atoms with Gasteiger partial charge in [-0.05, 0) is 24.2 Å². The van der Waals surface area contributed by atoms with Crippen LogP contribution >= 0.6 is 0 Å². The second kappa shape index (κ2) is 6.07. The molecule has 0 radical (unpaired) electrons. The van der Waals surface area contributed by atoms with Crippen molar-refractivity contribution in [2.75, 3.05) is 19.6 Å². The molecule has 1 heterocycles. The van der Waals surface area contributed by atoms with Gasteiger partial charge >= 0.3 is 12.0 Å². The summed E-state index contributed by atoms with van der Waals surface area (Å²) in [5.41, 5.74) is 0.0614. The van der Waals surface area contributed by atoms with Crippen LogP contribution in [0.5, 0.6) is 0 Å². The number of carbonyl (C=O) groups excluding carboxylic acids is 1. The molecule has 1 saturated heterocycles. The van der Waals surface area contributed by atoms with Crippen molar-refractivity contribution in [2.45, 2.75) is 40.0 Å². The lowest BCUT2D eigenvalue weighted by Gasteiger charge is -2.33. The maximum Gasteiger partial charge on any atom is 0.317 e. The van der Waals surface area contributed by atoms with Crippen molar-refractivity contribution < 1.29 is 14.7 Å². The molecule has 2 N–H and O–H groups in total. The molecule has 5 nitrogen and oxygen atoms in total. The molecule has 2 amide bonds. The fraction of sp³-hybridized carbons (Fsp3) is 0.846. The average molecular weight is 256 g/mol. The van der Waals surface area contributed by atoms with Crippen LogP contribution in [0.3, 0.4) is 0 Å². The number of urea groups is 1. The van der Waals surface area contributed by atoms with Gasteiger partial charge in [0, 0.05) is 26.1 Å². The molecule has 0 spiro atoms. The first-order chi connectivity index (χ1) is 8.28. The van der Waals surface area contributed by atoms with Gasteiger partial charge in [-0.2, -0.15) is 0 Å². The summed E-state index contributed by atoms with van der Waals surface area (Å²) in [6, 6.07) is -0.0694. The van der Waals surface area contributed by atoms with E-state index in [1.165, 1.54) is 0 Å². The highest BCUT2D eigenvalue weighted by Gasteiger charge is 2.25. The van der Waals surface area contributed by atoms with Crippen LogP contribution in [-0.4, -0.2) is 41.6 Å². The molecule has 0 bridgehead atoms. The van der Waals surface area contributed by atoms with Crippen LogP contribution in [0.2, 0.25) is 0 Å². The highest BCUT2D eigenvalue weighted by Crippen LogP contribution is 2.20. The number of nitrogens with zero attached hydrogens (tertiary/aromatic N) is 1. The zero-order valence-corrected chi connectivity index (χ0v) is 11.5. The number of aliphatic carboxylic acids is 1. The standard InChI is InChI=1S/C13H24N2O3/c1-13(2,3)9-14-12(18)15-6-4-5-10(8-15)7-11(16)17/h10H,4-9H2,1-3H3,(H,14,18)(H,16,17). The molecular weight excluding hydrogens is 232 g/mol. The quantitative estimate of drug-likeness (QED) is 0.810. The maximum absolute atomic E-state index is 11.9. The minimum absolute atomic E-state index is 0.0614. The fourth-order valence-corrected chi connectivity index (χ4v) is 2.12. The largest absolute Gasteiger partial charge is 0.481 e. The number of nitrogens with one attached hydrogen (secondary N) is 1. The summed E-state index contributed by atoms with van der Waals surface area (Å²) in [7, 11) is 0. The molecule has 1 aliphatic heterocycles. The van der Waals surface area contributed by atoms with E-state index in [-0.39, 0.29) is 23.8 Å². The average Bonchev–Trinajstić information content (AvgIpc) is 2.24. The van der Waals surface area contributed by atoms with E-state index < -0.39 is 5.97 Å². The molecule has 1 aliphatic rings. The number of likely N-dealkylation sites (tertiary alicyclic amines) is 1. The first-order valence-corrected chi connectivity index (χ1v) is 6.52. The SMILES string of the molecule is CC(C)(C)CNC(=O)N1CCCC(CC(=O)O)C1. The molecular formula is C13H24N2O3. The van der Waals surface area contributed by atoms with Crippen molar-refractivity contribution in [1.29, 1.82) is 0 Å². The first-order valence-electron chi connectivity index (χ1n) is 6.52. The van der Waals surface area contributed by atoms with Crippen molar-refractivity contribution in [3.8, 4) is 0 Å². The Kier molecular flexibility index (Phi) is 4.99. The van der Waals surface area contributed by atoms with Gasteiger partial charge in [0.25, 0.3) is 0 Å². The molecule has 0 aromatic rings. The highest BCUT2D eigenvalue weighted by atomic mass is 16.4. The van der Waals surface area contributed by atoms with Crippen LogP contribution < -0.4 is 5.32 Å². The zero-order chi connectivity index (χ0) is 13.8. The summed E-state index contributed by atoms with van der Waals surface area (Å²) in [6.45, 7) is 8.12. The Balaban J connectivity index is 2.41. The number of rotatable bonds is 3. The predicted molar refractivity (Wildman–Crippen MR) is 69.4 cm³/mol. The van der Waals surface area contributed by atoms with Gasteiger partial charge in [-0.3, -0.25) is 4.79 Å². The second-order valence-corrected chi connectivity index (χ2v) is 6.27. The maximum atomic E-state index is 11.9. The van der Waals surface area contributed by atoms with Crippen molar-refractivity contribution >= 4 is 12.0 Å². The van der Waals surface area contributed by atoms with E-state index in [9.17, 15) is 9.59 Å². The van der Waals surface area contributed by atoms with Gasteiger partial charge in [0.1, 0.15) is 0 Å². The minimum atomic E-state index is -0.781. The van der Waals surface area contributed by atoms with Gasteiger partial charge in [0.2, 0.25) is 0 Å². The molecule has 0 aromatic heterocycles. The number of amides is 2. The summed E-state index contributed by atoms with van der Waals surface area (Å²) in [5, 5.41) is 11.7. The Bertz CT molecular complexity index is 310. The van der Waals surface area contributed by atoms with Crippen molar-refractivity contribution in [3.63, 3.8) is 0 Å². The smallest absolute Gasteiger partial charge is 0.317 e. The topological polar surface area (TPSA) is 69.6 Å². The molecule has 1 fully saturated rings. The van der Waals surface area contributed by atoms with E-state index in [0.717, 1.165) is 19.4 Å². The number of carboxylic acids is 1. The van der Waals surface area contributed by atoms with E-state index in [4.69, 9.17) is 5.11 Å². The second-order valence-electron chi connectivity index (χ2n) is 6.27.